The van der Waals surface area contributed by atoms with Gasteiger partial charge in [-0.05, 0) is 109 Å². The quantitative estimate of drug-likeness (QED) is 0.271. The van der Waals surface area contributed by atoms with Gasteiger partial charge in [0.05, 0.1) is 11.5 Å². The third-order valence-electron chi connectivity index (χ3n) is 13.4. The Hall–Kier alpha value is -0.910. The molecule has 0 amide bonds. The lowest BCUT2D eigenvalue weighted by atomic mass is 9.33. The lowest BCUT2D eigenvalue weighted by molar-refractivity contribution is -0.212. The molecule has 4 saturated carbocycles. The average Bonchev–Trinajstić information content (AvgIpc) is 2.81. The Bertz CT molecular complexity index is 930. The molecule has 0 saturated heterocycles. The van der Waals surface area contributed by atoms with Crippen molar-refractivity contribution in [2.45, 2.75) is 105 Å². The maximum absolute atomic E-state index is 13.5. The van der Waals surface area contributed by atoms with Gasteiger partial charge in [-0.3, -0.25) is 4.79 Å². The van der Waals surface area contributed by atoms with E-state index in [2.05, 4.69) is 47.6 Å². The molecule has 5 rings (SSSR count). The van der Waals surface area contributed by atoms with Crippen LogP contribution in [0.1, 0.15) is 99.3 Å². The van der Waals surface area contributed by atoms with Crippen LogP contribution in [0.2, 0.25) is 0 Å². The highest BCUT2D eigenvalue weighted by atomic mass is 16.6. The Labute approximate surface area is 218 Å². The number of hydrogen-bond acceptors (Lipinski definition) is 5. The normalized spacial score (nSPS) is 54.3. The van der Waals surface area contributed by atoms with E-state index in [0.717, 1.165) is 51.4 Å². The maximum Gasteiger partial charge on any atom is 0.314 e. The van der Waals surface area contributed by atoms with Gasteiger partial charge in [-0.1, -0.05) is 53.2 Å². The zero-order chi connectivity index (χ0) is 26.3. The maximum atomic E-state index is 13.5. The summed E-state index contributed by atoms with van der Waals surface area (Å²) in [5, 5.41) is 30.9. The molecular formula is C31H50O5. The lowest BCUT2D eigenvalue weighted by Gasteiger charge is -2.71. The fourth-order valence-corrected chi connectivity index (χ4v) is 11.3. The Morgan fingerprint density at radius 1 is 1.00 bits per heavy atom. The molecule has 11 atom stereocenters. The number of esters is 1. The van der Waals surface area contributed by atoms with Crippen molar-refractivity contribution in [1.82, 2.24) is 0 Å². The van der Waals surface area contributed by atoms with Crippen LogP contribution < -0.4 is 0 Å². The largest absolute Gasteiger partial charge is 0.438 e. The Kier molecular flexibility index (Phi) is 6.34. The summed E-state index contributed by atoms with van der Waals surface area (Å²) < 4.78 is 5.34. The van der Waals surface area contributed by atoms with Crippen LogP contribution in [0.25, 0.3) is 0 Å². The highest BCUT2D eigenvalue weighted by molar-refractivity contribution is 5.78. The number of aliphatic hydroxyl groups is 3. The van der Waals surface area contributed by atoms with E-state index in [1.807, 2.05) is 0 Å². The first kappa shape index (κ1) is 26.7. The first-order chi connectivity index (χ1) is 16.8. The molecule has 5 aliphatic rings. The van der Waals surface area contributed by atoms with Gasteiger partial charge in [-0.2, -0.15) is 0 Å². The third kappa shape index (κ3) is 3.27. The van der Waals surface area contributed by atoms with Crippen molar-refractivity contribution < 1.29 is 24.9 Å². The second-order valence-electron chi connectivity index (χ2n) is 14.7. The van der Waals surface area contributed by atoms with Crippen LogP contribution in [0, 0.1) is 56.7 Å². The van der Waals surface area contributed by atoms with Crippen LogP contribution in [-0.2, 0) is 9.53 Å². The van der Waals surface area contributed by atoms with Crippen molar-refractivity contribution >= 4 is 5.97 Å². The zero-order valence-electron chi connectivity index (χ0n) is 23.5. The predicted octanol–water partition coefficient (Wildman–Crippen LogP) is 5.47. The van der Waals surface area contributed by atoms with Crippen LogP contribution in [-0.4, -0.2) is 40.8 Å². The average molecular weight is 503 g/mol. The highest BCUT2D eigenvalue weighted by Gasteiger charge is 2.69. The summed E-state index contributed by atoms with van der Waals surface area (Å²) in [5.74, 6) is 1.73. The minimum Gasteiger partial charge on any atom is -0.438 e. The predicted molar refractivity (Wildman–Crippen MR) is 140 cm³/mol. The van der Waals surface area contributed by atoms with Crippen molar-refractivity contribution in [3.8, 4) is 0 Å². The van der Waals surface area contributed by atoms with Crippen molar-refractivity contribution in [3.63, 3.8) is 0 Å². The molecule has 0 aliphatic heterocycles. The van der Waals surface area contributed by atoms with Gasteiger partial charge >= 0.3 is 5.97 Å². The smallest absolute Gasteiger partial charge is 0.314 e. The lowest BCUT2D eigenvalue weighted by Crippen LogP contribution is -2.65. The molecule has 3 N–H and O–H groups in total. The highest BCUT2D eigenvalue weighted by Crippen LogP contribution is 2.75. The summed E-state index contributed by atoms with van der Waals surface area (Å²) in [6.07, 6.45) is 10.5. The van der Waals surface area contributed by atoms with Gasteiger partial charge in [0, 0.05) is 6.61 Å². The fourth-order valence-electron chi connectivity index (χ4n) is 11.3. The van der Waals surface area contributed by atoms with Crippen LogP contribution in [0.5, 0.6) is 0 Å². The Morgan fingerprint density at radius 2 is 1.72 bits per heavy atom. The van der Waals surface area contributed by atoms with Gasteiger partial charge in [0.2, 0.25) is 0 Å². The summed E-state index contributed by atoms with van der Waals surface area (Å²) in [5.41, 5.74) is 0.750. The number of hydrogen-bond donors (Lipinski definition) is 3. The van der Waals surface area contributed by atoms with E-state index < -0.39 is 12.2 Å². The number of rotatable bonds is 3. The van der Waals surface area contributed by atoms with Crippen LogP contribution in [0.3, 0.4) is 0 Å². The third-order valence-corrected chi connectivity index (χ3v) is 13.4. The Morgan fingerprint density at radius 3 is 2.39 bits per heavy atom. The summed E-state index contributed by atoms with van der Waals surface area (Å²) >= 11 is 0. The molecule has 0 aromatic rings. The number of carbonyl (C=O) groups is 1. The number of allylic oxidation sites excluding steroid dienone is 2. The van der Waals surface area contributed by atoms with E-state index in [1.165, 1.54) is 5.57 Å². The van der Waals surface area contributed by atoms with Gasteiger partial charge in [0.1, 0.15) is 0 Å². The number of carbonyl (C=O) groups excluding carboxylic acids is 1. The van der Waals surface area contributed by atoms with Gasteiger partial charge in [0.25, 0.3) is 0 Å². The first-order valence-corrected chi connectivity index (χ1v) is 14.6. The molecule has 36 heavy (non-hydrogen) atoms. The van der Waals surface area contributed by atoms with Gasteiger partial charge in [-0.15, -0.1) is 0 Å². The molecule has 204 valence electrons. The topological polar surface area (TPSA) is 87.0 Å². The molecule has 0 aromatic heterocycles. The van der Waals surface area contributed by atoms with E-state index in [4.69, 9.17) is 4.74 Å². The standard InChI is InChI=1S/C31H50O5/c1-19-9-12-31(26(35)36-18-33)14-13-29(5)22(25(31)20(19)2)7-8-24-28(4)16-21(34)15-27(3,17-32)23(28)10-11-30(24,29)6/h7,19-21,23-25,32-34H,8-18H2,1-6H3/t19-,20+,21-,23?,24?,25?,27+,28+,29-,30-,31+/m1/s1. The fraction of sp³-hybridized carbons (Fsp3) is 0.903. The van der Waals surface area contributed by atoms with Crippen LogP contribution >= 0.6 is 0 Å². The molecular weight excluding hydrogens is 452 g/mol. The summed E-state index contributed by atoms with van der Waals surface area (Å²) in [6, 6.07) is 0. The first-order valence-electron chi connectivity index (χ1n) is 14.6. The van der Waals surface area contributed by atoms with Gasteiger partial charge in [0.15, 0.2) is 6.79 Å². The van der Waals surface area contributed by atoms with Crippen molar-refractivity contribution in [3.05, 3.63) is 11.6 Å². The Balaban J connectivity index is 1.61. The van der Waals surface area contributed by atoms with Crippen molar-refractivity contribution in [2.24, 2.45) is 56.7 Å². The molecule has 0 aromatic carbocycles. The van der Waals surface area contributed by atoms with E-state index in [-0.39, 0.29) is 46.3 Å². The summed E-state index contributed by atoms with van der Waals surface area (Å²) in [4.78, 5) is 13.5. The molecule has 4 fully saturated rings. The van der Waals surface area contributed by atoms with E-state index in [0.29, 0.717) is 30.1 Å². The molecule has 5 aliphatic carbocycles. The monoisotopic (exact) mass is 502 g/mol. The number of fused-ring (bicyclic) bond motifs is 7. The second-order valence-corrected chi connectivity index (χ2v) is 14.7. The number of ether oxygens (including phenoxy) is 1. The van der Waals surface area contributed by atoms with E-state index in [1.54, 1.807) is 0 Å². The van der Waals surface area contributed by atoms with E-state index in [9.17, 15) is 20.1 Å². The second kappa shape index (κ2) is 8.55. The molecule has 5 nitrogen and oxygen atoms in total. The molecule has 3 unspecified atom stereocenters. The SMILES string of the molecule is C[C@@H]1CC[C@]2(C(=O)OCO)CC[C@]3(C)C(=CCC4[C@@]5(C)C[C@H](O)C[C@@](C)(CO)C5CC[C@]43C)C2[C@H]1C. The summed E-state index contributed by atoms with van der Waals surface area (Å²) in [7, 11) is 0. The number of aliphatic hydroxyl groups excluding tert-OH is 3. The molecule has 0 spiro atoms. The van der Waals surface area contributed by atoms with Crippen molar-refractivity contribution in [1.29, 1.82) is 0 Å². The molecule has 0 bridgehead atoms. The van der Waals surface area contributed by atoms with Crippen molar-refractivity contribution in [2.75, 3.05) is 13.4 Å². The van der Waals surface area contributed by atoms with Gasteiger partial charge < -0.3 is 20.1 Å². The van der Waals surface area contributed by atoms with Crippen LogP contribution in [0.15, 0.2) is 11.6 Å². The van der Waals surface area contributed by atoms with Gasteiger partial charge in [-0.25, -0.2) is 0 Å². The summed E-state index contributed by atoms with van der Waals surface area (Å²) in [6.45, 7) is 13.9. The molecule has 0 radical (unpaired) electrons. The molecule has 0 heterocycles. The zero-order valence-corrected chi connectivity index (χ0v) is 23.5. The minimum atomic E-state index is -0.543. The minimum absolute atomic E-state index is 0.0130. The molecule has 5 heteroatoms. The van der Waals surface area contributed by atoms with Crippen LogP contribution in [0.4, 0.5) is 0 Å². The van der Waals surface area contributed by atoms with E-state index >= 15 is 0 Å².